The lowest BCUT2D eigenvalue weighted by Crippen LogP contribution is -2.14. The number of thioether (sulfide) groups is 1. The van der Waals surface area contributed by atoms with Gasteiger partial charge in [-0.1, -0.05) is 30.3 Å². The third-order valence-corrected chi connectivity index (χ3v) is 4.96. The zero-order chi connectivity index (χ0) is 17.6. The molecule has 3 rings (SSSR count). The Morgan fingerprint density at radius 1 is 1.12 bits per heavy atom. The van der Waals surface area contributed by atoms with Crippen LogP contribution < -0.4 is 10.1 Å². The molecule has 0 unspecified atom stereocenters. The monoisotopic (exact) mass is 354 g/mol. The van der Waals surface area contributed by atoms with E-state index in [0.717, 1.165) is 11.4 Å². The van der Waals surface area contributed by atoms with Crippen LogP contribution in [0, 0.1) is 0 Å². The van der Waals surface area contributed by atoms with E-state index in [0.29, 0.717) is 23.8 Å². The highest BCUT2D eigenvalue weighted by Crippen LogP contribution is 2.30. The van der Waals surface area contributed by atoms with Crippen LogP contribution in [0.2, 0.25) is 0 Å². The number of anilines is 1. The van der Waals surface area contributed by atoms with Gasteiger partial charge in [0.1, 0.15) is 5.75 Å². The van der Waals surface area contributed by atoms with Crippen molar-refractivity contribution in [3.63, 3.8) is 0 Å². The van der Waals surface area contributed by atoms with Gasteiger partial charge in [0.05, 0.1) is 18.0 Å². The van der Waals surface area contributed by atoms with E-state index in [1.807, 2.05) is 43.3 Å². The Balaban J connectivity index is 1.69. The molecule has 1 aromatic heterocycles. The van der Waals surface area contributed by atoms with Crippen LogP contribution in [-0.4, -0.2) is 22.8 Å². The minimum atomic E-state index is -0.0366. The summed E-state index contributed by atoms with van der Waals surface area (Å²) in [7, 11) is 0. The first-order chi connectivity index (χ1) is 12.2. The summed E-state index contributed by atoms with van der Waals surface area (Å²) in [6.07, 6.45) is 2.12. The van der Waals surface area contributed by atoms with Crippen LogP contribution in [0.25, 0.3) is 10.9 Å². The molecule has 1 N–H and O–H groups in total. The smallest absolute Gasteiger partial charge is 0.234 e. The van der Waals surface area contributed by atoms with Crippen LogP contribution in [0.15, 0.2) is 59.6 Å². The molecule has 4 nitrogen and oxygen atoms in total. The molecule has 3 aromatic rings. The molecule has 0 aliphatic heterocycles. The number of amides is 1. The van der Waals surface area contributed by atoms with E-state index in [1.54, 1.807) is 11.8 Å². The van der Waals surface area contributed by atoms with Gasteiger partial charge in [0.2, 0.25) is 5.91 Å². The predicted molar refractivity (Wildman–Crippen MR) is 105 cm³/mol. The fourth-order valence-electron chi connectivity index (χ4n) is 2.77. The highest BCUT2D eigenvalue weighted by atomic mass is 32.2. The molecule has 0 aliphatic rings. The quantitative estimate of drug-likeness (QED) is 0.620. The summed E-state index contributed by atoms with van der Waals surface area (Å²) in [5, 5.41) is 4.13. The fourth-order valence-corrected chi connectivity index (χ4v) is 3.66. The van der Waals surface area contributed by atoms with Gasteiger partial charge < -0.3 is 14.6 Å². The van der Waals surface area contributed by atoms with Crippen LogP contribution in [-0.2, 0) is 11.3 Å². The lowest BCUT2D eigenvalue weighted by Gasteiger charge is -2.10. The zero-order valence-electron chi connectivity index (χ0n) is 14.5. The Labute approximate surface area is 152 Å². The fraction of sp³-hybridized carbons (Fsp3) is 0.250. The van der Waals surface area contributed by atoms with Crippen molar-refractivity contribution < 1.29 is 9.53 Å². The van der Waals surface area contributed by atoms with Gasteiger partial charge in [-0.05, 0) is 32.0 Å². The second-order valence-electron chi connectivity index (χ2n) is 5.56. The highest BCUT2D eigenvalue weighted by Gasteiger charge is 2.11. The largest absolute Gasteiger partial charge is 0.492 e. The van der Waals surface area contributed by atoms with Gasteiger partial charge in [-0.25, -0.2) is 0 Å². The van der Waals surface area contributed by atoms with Crippen LogP contribution in [0.4, 0.5) is 5.69 Å². The van der Waals surface area contributed by atoms with Crippen LogP contribution in [0.3, 0.4) is 0 Å². The summed E-state index contributed by atoms with van der Waals surface area (Å²) in [5.74, 6) is 1.02. The van der Waals surface area contributed by atoms with Gasteiger partial charge in [0.25, 0.3) is 0 Å². The number of aryl methyl sites for hydroxylation is 1. The summed E-state index contributed by atoms with van der Waals surface area (Å²) in [5.41, 5.74) is 1.92. The minimum Gasteiger partial charge on any atom is -0.492 e. The van der Waals surface area contributed by atoms with Crippen molar-refractivity contribution in [3.8, 4) is 5.75 Å². The molecule has 0 spiro atoms. The van der Waals surface area contributed by atoms with Crippen molar-refractivity contribution in [2.24, 2.45) is 0 Å². The molecule has 0 radical (unpaired) electrons. The summed E-state index contributed by atoms with van der Waals surface area (Å²) in [6.45, 7) is 5.53. The SMILES string of the molecule is CCOc1ccccc1NC(=O)CSc1cn(CC)c2ccccc12. The summed E-state index contributed by atoms with van der Waals surface area (Å²) in [6, 6.07) is 15.8. The standard InChI is InChI=1S/C20H22N2O2S/c1-3-22-13-19(15-9-5-7-11-17(15)22)25-14-20(23)21-16-10-6-8-12-18(16)24-4-2/h5-13H,3-4,14H2,1-2H3,(H,21,23). The maximum Gasteiger partial charge on any atom is 0.234 e. The first kappa shape index (κ1) is 17.4. The molecule has 5 heteroatoms. The zero-order valence-corrected chi connectivity index (χ0v) is 15.3. The van der Waals surface area contributed by atoms with Crippen molar-refractivity contribution in [3.05, 3.63) is 54.7 Å². The normalized spacial score (nSPS) is 10.8. The number of nitrogens with one attached hydrogen (secondary N) is 1. The first-order valence-corrected chi connectivity index (χ1v) is 9.43. The Morgan fingerprint density at radius 3 is 2.68 bits per heavy atom. The van der Waals surface area contributed by atoms with E-state index in [1.165, 1.54) is 10.9 Å². The van der Waals surface area contributed by atoms with Crippen LogP contribution in [0.5, 0.6) is 5.75 Å². The van der Waals surface area contributed by atoms with Gasteiger partial charge in [0, 0.05) is 28.5 Å². The topological polar surface area (TPSA) is 43.3 Å². The van der Waals surface area contributed by atoms with E-state index in [-0.39, 0.29) is 5.91 Å². The molecular formula is C20H22N2O2S. The summed E-state index contributed by atoms with van der Waals surface area (Å²) in [4.78, 5) is 13.5. The molecule has 2 aromatic carbocycles. The van der Waals surface area contributed by atoms with Crippen molar-refractivity contribution in [1.82, 2.24) is 4.57 Å². The molecule has 0 saturated heterocycles. The molecule has 1 heterocycles. The van der Waals surface area contributed by atoms with E-state index in [4.69, 9.17) is 4.74 Å². The lowest BCUT2D eigenvalue weighted by atomic mass is 10.2. The predicted octanol–water partition coefficient (Wildman–Crippen LogP) is 4.79. The average molecular weight is 354 g/mol. The molecule has 0 bridgehead atoms. The summed E-state index contributed by atoms with van der Waals surface area (Å²) >= 11 is 1.56. The molecular weight excluding hydrogens is 332 g/mol. The third kappa shape index (κ3) is 3.99. The highest BCUT2D eigenvalue weighted by molar-refractivity contribution is 8.00. The second-order valence-corrected chi connectivity index (χ2v) is 6.58. The molecule has 0 saturated carbocycles. The Hall–Kier alpha value is -2.40. The Kier molecular flexibility index (Phi) is 5.66. The number of benzene rings is 2. The second kappa shape index (κ2) is 8.12. The first-order valence-electron chi connectivity index (χ1n) is 8.45. The number of hydrogen-bond acceptors (Lipinski definition) is 3. The van der Waals surface area contributed by atoms with E-state index >= 15 is 0 Å². The van der Waals surface area contributed by atoms with E-state index in [2.05, 4.69) is 35.1 Å². The average Bonchev–Trinajstić information content (AvgIpc) is 3.00. The third-order valence-electron chi connectivity index (χ3n) is 3.91. The molecule has 1 amide bonds. The Bertz CT molecular complexity index is 873. The molecule has 130 valence electrons. The van der Waals surface area contributed by atoms with Crippen molar-refractivity contribution in [1.29, 1.82) is 0 Å². The van der Waals surface area contributed by atoms with Gasteiger partial charge in [-0.2, -0.15) is 0 Å². The number of para-hydroxylation sites is 3. The number of carbonyl (C=O) groups is 1. The molecule has 0 atom stereocenters. The minimum absolute atomic E-state index is 0.0366. The lowest BCUT2D eigenvalue weighted by molar-refractivity contribution is -0.113. The number of hydrogen-bond donors (Lipinski definition) is 1. The number of carbonyl (C=O) groups excluding carboxylic acids is 1. The number of fused-ring (bicyclic) bond motifs is 1. The number of rotatable bonds is 7. The van der Waals surface area contributed by atoms with Crippen LogP contribution in [0.1, 0.15) is 13.8 Å². The molecule has 0 fully saturated rings. The maximum atomic E-state index is 12.4. The van der Waals surface area contributed by atoms with Gasteiger partial charge >= 0.3 is 0 Å². The van der Waals surface area contributed by atoms with Gasteiger partial charge in [0.15, 0.2) is 0 Å². The van der Waals surface area contributed by atoms with Crippen molar-refractivity contribution in [2.75, 3.05) is 17.7 Å². The van der Waals surface area contributed by atoms with Crippen molar-refractivity contribution in [2.45, 2.75) is 25.3 Å². The number of nitrogens with zero attached hydrogens (tertiary/aromatic N) is 1. The molecule has 0 aliphatic carbocycles. The van der Waals surface area contributed by atoms with E-state index in [9.17, 15) is 4.79 Å². The van der Waals surface area contributed by atoms with Gasteiger partial charge in [-0.15, -0.1) is 11.8 Å². The maximum absolute atomic E-state index is 12.4. The molecule has 25 heavy (non-hydrogen) atoms. The Morgan fingerprint density at radius 2 is 1.88 bits per heavy atom. The van der Waals surface area contributed by atoms with Gasteiger partial charge in [-0.3, -0.25) is 4.79 Å². The van der Waals surface area contributed by atoms with E-state index < -0.39 is 0 Å². The van der Waals surface area contributed by atoms with Crippen LogP contribution >= 0.6 is 11.8 Å². The number of aromatic nitrogens is 1. The van der Waals surface area contributed by atoms with Crippen molar-refractivity contribution >= 4 is 34.3 Å². The number of ether oxygens (including phenoxy) is 1. The summed E-state index contributed by atoms with van der Waals surface area (Å²) < 4.78 is 7.76.